The van der Waals surface area contributed by atoms with Gasteiger partial charge < -0.3 is 0 Å². The van der Waals surface area contributed by atoms with Crippen molar-refractivity contribution in [1.82, 2.24) is 0 Å². The number of aliphatic imine (C=N–C) groups is 2. The highest BCUT2D eigenvalue weighted by atomic mass is 32.2. The van der Waals surface area contributed by atoms with Crippen LogP contribution >= 0.6 is 11.8 Å². The Morgan fingerprint density at radius 1 is 0.789 bits per heavy atom. The van der Waals surface area contributed by atoms with Gasteiger partial charge in [0.25, 0.3) is 0 Å². The van der Waals surface area contributed by atoms with Crippen LogP contribution in [0.15, 0.2) is 68.3 Å². The zero-order valence-corrected chi connectivity index (χ0v) is 10.6. The fourth-order valence-corrected chi connectivity index (χ4v) is 2.40. The number of isocyanates is 2. The molecule has 0 saturated heterocycles. The first kappa shape index (κ1) is 13.0. The van der Waals surface area contributed by atoms with E-state index in [-0.39, 0.29) is 0 Å². The number of hydrogen-bond acceptors (Lipinski definition) is 5. The number of rotatable bonds is 4. The van der Waals surface area contributed by atoms with Gasteiger partial charge in [0, 0.05) is 9.79 Å². The van der Waals surface area contributed by atoms with Crippen molar-refractivity contribution < 1.29 is 9.59 Å². The largest absolute Gasteiger partial charge is 0.240 e. The molecule has 5 heteroatoms. The second kappa shape index (κ2) is 6.47. The molecule has 4 nitrogen and oxygen atoms in total. The van der Waals surface area contributed by atoms with Gasteiger partial charge in [-0.2, -0.15) is 9.98 Å². The van der Waals surface area contributed by atoms with E-state index in [1.165, 1.54) is 23.9 Å². The molecule has 2 rings (SSSR count). The number of benzene rings is 2. The zero-order valence-electron chi connectivity index (χ0n) is 9.74. The van der Waals surface area contributed by atoms with Crippen LogP contribution < -0.4 is 0 Å². The van der Waals surface area contributed by atoms with Crippen molar-refractivity contribution in [2.75, 3.05) is 0 Å². The molecule has 2 aromatic carbocycles. The molecule has 0 N–H and O–H groups in total. The monoisotopic (exact) mass is 268 g/mol. The summed E-state index contributed by atoms with van der Waals surface area (Å²) in [6, 6.07) is 14.5. The minimum atomic E-state index is 0.557. The van der Waals surface area contributed by atoms with Crippen LogP contribution in [0, 0.1) is 0 Å². The Hall–Kier alpha value is -2.45. The first-order valence-electron chi connectivity index (χ1n) is 5.35. The lowest BCUT2D eigenvalue weighted by Gasteiger charge is -2.02. The van der Waals surface area contributed by atoms with E-state index in [0.717, 1.165) is 9.79 Å². The van der Waals surface area contributed by atoms with Gasteiger partial charge in [-0.1, -0.05) is 23.9 Å². The molecule has 0 unspecified atom stereocenters. The van der Waals surface area contributed by atoms with Crippen molar-refractivity contribution in [2.24, 2.45) is 9.98 Å². The fraction of sp³-hybridized carbons (Fsp3) is 0. The normalized spacial score (nSPS) is 9.26. The summed E-state index contributed by atoms with van der Waals surface area (Å²) in [6.45, 7) is 0. The van der Waals surface area contributed by atoms with Gasteiger partial charge in [-0.05, 0) is 36.4 Å². The van der Waals surface area contributed by atoms with E-state index in [9.17, 15) is 9.59 Å². The molecular formula is C14H8N2O2S. The Balaban J connectivity index is 2.25. The molecule has 0 saturated carbocycles. The van der Waals surface area contributed by atoms with Gasteiger partial charge in [0.2, 0.25) is 12.2 Å². The number of hydrogen-bond donors (Lipinski definition) is 0. The lowest BCUT2D eigenvalue weighted by molar-refractivity contribution is 0.564. The van der Waals surface area contributed by atoms with E-state index >= 15 is 0 Å². The maximum absolute atomic E-state index is 10.2. The van der Waals surface area contributed by atoms with Gasteiger partial charge in [-0.15, -0.1) is 0 Å². The van der Waals surface area contributed by atoms with Gasteiger partial charge in [-0.3, -0.25) is 0 Å². The number of carbonyl (C=O) groups excluding carboxylic acids is 2. The van der Waals surface area contributed by atoms with Crippen LogP contribution in [0.4, 0.5) is 11.4 Å². The SMILES string of the molecule is O=C=Nc1cccc(Sc2cccc(N=C=O)c2)c1. The Bertz CT molecular complexity index is 628. The van der Waals surface area contributed by atoms with Gasteiger partial charge in [0.15, 0.2) is 0 Å². The average Bonchev–Trinajstić information content (AvgIpc) is 2.40. The Morgan fingerprint density at radius 3 is 1.68 bits per heavy atom. The van der Waals surface area contributed by atoms with Crippen LogP contribution in [0.25, 0.3) is 0 Å². The smallest absolute Gasteiger partial charge is 0.211 e. The van der Waals surface area contributed by atoms with Crippen molar-refractivity contribution in [1.29, 1.82) is 0 Å². The molecule has 0 aromatic heterocycles. The van der Waals surface area contributed by atoms with Crippen LogP contribution in [0.5, 0.6) is 0 Å². The van der Waals surface area contributed by atoms with E-state index in [1.54, 1.807) is 24.3 Å². The van der Waals surface area contributed by atoms with E-state index in [0.29, 0.717) is 11.4 Å². The topological polar surface area (TPSA) is 58.9 Å². The highest BCUT2D eigenvalue weighted by Crippen LogP contribution is 2.31. The molecule has 0 fully saturated rings. The molecule has 0 bridgehead atoms. The highest BCUT2D eigenvalue weighted by Gasteiger charge is 2.00. The molecule has 0 radical (unpaired) electrons. The van der Waals surface area contributed by atoms with Crippen LogP contribution in [0.2, 0.25) is 0 Å². The minimum Gasteiger partial charge on any atom is -0.211 e. The second-order valence-electron chi connectivity index (χ2n) is 3.50. The van der Waals surface area contributed by atoms with Crippen molar-refractivity contribution in [2.45, 2.75) is 9.79 Å². The molecule has 0 spiro atoms. The summed E-state index contributed by atoms with van der Waals surface area (Å²) in [5, 5.41) is 0. The quantitative estimate of drug-likeness (QED) is 0.626. The molecule has 0 atom stereocenters. The third kappa shape index (κ3) is 3.76. The summed E-state index contributed by atoms with van der Waals surface area (Å²) in [7, 11) is 0. The highest BCUT2D eigenvalue weighted by molar-refractivity contribution is 7.99. The van der Waals surface area contributed by atoms with Crippen molar-refractivity contribution in [3.8, 4) is 0 Å². The summed E-state index contributed by atoms with van der Waals surface area (Å²) >= 11 is 1.49. The van der Waals surface area contributed by atoms with Crippen LogP contribution in [-0.4, -0.2) is 12.2 Å². The van der Waals surface area contributed by atoms with Crippen LogP contribution in [0.1, 0.15) is 0 Å². The molecule has 2 aromatic rings. The first-order valence-corrected chi connectivity index (χ1v) is 6.17. The van der Waals surface area contributed by atoms with Gasteiger partial charge >= 0.3 is 0 Å². The third-order valence-corrected chi connectivity index (χ3v) is 3.20. The average molecular weight is 268 g/mol. The maximum Gasteiger partial charge on any atom is 0.240 e. The van der Waals surface area contributed by atoms with E-state index in [2.05, 4.69) is 9.98 Å². The summed E-state index contributed by atoms with van der Waals surface area (Å²) in [5.74, 6) is 0. The molecular weight excluding hydrogens is 260 g/mol. The molecule has 0 heterocycles. The predicted octanol–water partition coefficient (Wildman–Crippen LogP) is 3.77. The third-order valence-electron chi connectivity index (χ3n) is 2.22. The minimum absolute atomic E-state index is 0.557. The van der Waals surface area contributed by atoms with E-state index in [4.69, 9.17) is 0 Å². The molecule has 0 amide bonds. The Labute approximate surface area is 113 Å². The fourth-order valence-electron chi connectivity index (χ4n) is 1.47. The summed E-state index contributed by atoms with van der Waals surface area (Å²) < 4.78 is 0. The number of nitrogens with zero attached hydrogens (tertiary/aromatic N) is 2. The lowest BCUT2D eigenvalue weighted by Crippen LogP contribution is -1.74. The van der Waals surface area contributed by atoms with E-state index in [1.807, 2.05) is 24.3 Å². The van der Waals surface area contributed by atoms with Gasteiger partial charge in [0.1, 0.15) is 0 Å². The molecule has 0 aliphatic carbocycles. The molecule has 0 aliphatic heterocycles. The van der Waals surface area contributed by atoms with Crippen LogP contribution in [0.3, 0.4) is 0 Å². The summed E-state index contributed by atoms with van der Waals surface area (Å²) in [4.78, 5) is 29.4. The zero-order chi connectivity index (χ0) is 13.5. The second-order valence-corrected chi connectivity index (χ2v) is 4.65. The first-order chi connectivity index (χ1) is 9.31. The van der Waals surface area contributed by atoms with Crippen molar-refractivity contribution in [3.05, 3.63) is 48.5 Å². The Morgan fingerprint density at radius 2 is 1.26 bits per heavy atom. The van der Waals surface area contributed by atoms with Crippen molar-refractivity contribution >= 4 is 35.3 Å². The molecule has 19 heavy (non-hydrogen) atoms. The lowest BCUT2D eigenvalue weighted by atomic mass is 10.3. The summed E-state index contributed by atoms with van der Waals surface area (Å²) in [5.41, 5.74) is 1.11. The maximum atomic E-state index is 10.2. The molecule has 0 aliphatic rings. The Kier molecular flexibility index (Phi) is 4.43. The van der Waals surface area contributed by atoms with E-state index < -0.39 is 0 Å². The summed E-state index contributed by atoms with van der Waals surface area (Å²) in [6.07, 6.45) is 3.02. The standard InChI is InChI=1S/C14H8N2O2S/c17-9-15-11-3-1-5-13(7-11)19-14-6-2-4-12(8-14)16-10-18/h1-8H. The molecule has 92 valence electrons. The van der Waals surface area contributed by atoms with Gasteiger partial charge in [0.05, 0.1) is 11.4 Å². The predicted molar refractivity (Wildman–Crippen MR) is 72.6 cm³/mol. The van der Waals surface area contributed by atoms with Gasteiger partial charge in [-0.25, -0.2) is 9.59 Å². The van der Waals surface area contributed by atoms with Crippen LogP contribution in [-0.2, 0) is 9.59 Å². The van der Waals surface area contributed by atoms with Crippen molar-refractivity contribution in [3.63, 3.8) is 0 Å².